The highest BCUT2D eigenvalue weighted by atomic mass is 16.6. The van der Waals surface area contributed by atoms with Gasteiger partial charge in [0.25, 0.3) is 0 Å². The van der Waals surface area contributed by atoms with Crippen molar-refractivity contribution in [3.63, 3.8) is 0 Å². The van der Waals surface area contributed by atoms with Crippen molar-refractivity contribution in [2.75, 3.05) is 13.2 Å². The summed E-state index contributed by atoms with van der Waals surface area (Å²) in [6, 6.07) is 0. The Labute approximate surface area is 443 Å². The number of carbonyl (C=O) groups is 3. The van der Waals surface area contributed by atoms with Crippen LogP contribution in [0.1, 0.15) is 258 Å². The molecule has 0 aliphatic carbocycles. The van der Waals surface area contributed by atoms with E-state index < -0.39 is 6.10 Å². The highest BCUT2D eigenvalue weighted by Crippen LogP contribution is 2.14. The van der Waals surface area contributed by atoms with Crippen molar-refractivity contribution in [2.24, 2.45) is 0 Å². The van der Waals surface area contributed by atoms with Crippen molar-refractivity contribution in [1.29, 1.82) is 0 Å². The first kappa shape index (κ1) is 67.8. The second-order valence-corrected chi connectivity index (χ2v) is 19.2. The topological polar surface area (TPSA) is 78.9 Å². The molecule has 0 rings (SSSR count). The predicted octanol–water partition coefficient (Wildman–Crippen LogP) is 20.0. The van der Waals surface area contributed by atoms with Crippen LogP contribution in [-0.2, 0) is 28.6 Å². The van der Waals surface area contributed by atoms with Crippen molar-refractivity contribution in [2.45, 2.75) is 264 Å². The molecule has 1 atom stereocenters. The number of hydrogen-bond donors (Lipinski definition) is 0. The minimum absolute atomic E-state index is 0.0953. The van der Waals surface area contributed by atoms with Crippen LogP contribution in [-0.4, -0.2) is 37.2 Å². The molecule has 6 heteroatoms. The van der Waals surface area contributed by atoms with E-state index >= 15 is 0 Å². The molecule has 72 heavy (non-hydrogen) atoms. The van der Waals surface area contributed by atoms with E-state index in [1.807, 2.05) is 0 Å². The first-order chi connectivity index (χ1) is 35.5. The SMILES string of the molecule is CC/C=C\C/C=C\C/C=C\C/C=C\C/C=C\C/C=C\CCCCCCCCCCC(=O)OCC(COC(=O)CCCCCCC/C=C\C/C=C\CCC)OC(=O)CCCCCCC/C=C\C/C=C\CCCC. The van der Waals surface area contributed by atoms with E-state index in [0.717, 1.165) is 161 Å². The molecule has 1 unspecified atom stereocenters. The van der Waals surface area contributed by atoms with Gasteiger partial charge in [0.2, 0.25) is 0 Å². The number of rotatable bonds is 52. The van der Waals surface area contributed by atoms with Gasteiger partial charge in [-0.1, -0.05) is 239 Å². The van der Waals surface area contributed by atoms with Gasteiger partial charge in [-0.3, -0.25) is 14.4 Å². The Balaban J connectivity index is 4.34. The van der Waals surface area contributed by atoms with Gasteiger partial charge in [0.05, 0.1) is 0 Å². The minimum Gasteiger partial charge on any atom is -0.462 e. The van der Waals surface area contributed by atoms with E-state index in [0.29, 0.717) is 19.3 Å². The largest absolute Gasteiger partial charge is 0.462 e. The molecule has 0 fully saturated rings. The smallest absolute Gasteiger partial charge is 0.306 e. The molecular formula is C66H108O6. The van der Waals surface area contributed by atoms with Crippen molar-refractivity contribution in [1.82, 2.24) is 0 Å². The second-order valence-electron chi connectivity index (χ2n) is 19.2. The first-order valence-corrected chi connectivity index (χ1v) is 29.5. The van der Waals surface area contributed by atoms with E-state index in [4.69, 9.17) is 14.2 Å². The zero-order valence-electron chi connectivity index (χ0n) is 46.7. The number of esters is 3. The third-order valence-electron chi connectivity index (χ3n) is 12.2. The summed E-state index contributed by atoms with van der Waals surface area (Å²) in [7, 11) is 0. The molecule has 0 spiro atoms. The Bertz CT molecular complexity index is 1520. The second kappa shape index (κ2) is 59.4. The van der Waals surface area contributed by atoms with E-state index in [1.54, 1.807) is 0 Å². The predicted molar refractivity (Wildman–Crippen MR) is 311 cm³/mol. The average molecular weight is 998 g/mol. The first-order valence-electron chi connectivity index (χ1n) is 29.5. The van der Waals surface area contributed by atoms with Crippen LogP contribution in [0.15, 0.2) is 122 Å². The van der Waals surface area contributed by atoms with E-state index in [-0.39, 0.29) is 31.1 Å². The summed E-state index contributed by atoms with van der Waals surface area (Å²) in [5.41, 5.74) is 0. The number of ether oxygens (including phenoxy) is 3. The van der Waals surface area contributed by atoms with Crippen LogP contribution in [0.25, 0.3) is 0 Å². The lowest BCUT2D eigenvalue weighted by Gasteiger charge is -2.18. The molecule has 0 heterocycles. The Morgan fingerprint density at radius 3 is 0.903 bits per heavy atom. The van der Waals surface area contributed by atoms with Crippen LogP contribution in [0.5, 0.6) is 0 Å². The Hall–Kier alpha value is -4.19. The summed E-state index contributed by atoms with van der Waals surface area (Å²) >= 11 is 0. The molecule has 0 radical (unpaired) electrons. The van der Waals surface area contributed by atoms with Crippen LogP contribution in [0.3, 0.4) is 0 Å². The molecule has 0 aromatic carbocycles. The number of allylic oxidation sites excluding steroid dienone is 20. The molecule has 0 aliphatic heterocycles. The molecular weight excluding hydrogens is 889 g/mol. The Kier molecular flexibility index (Phi) is 55.9. The maximum atomic E-state index is 12.8. The van der Waals surface area contributed by atoms with E-state index in [2.05, 4.69) is 142 Å². The van der Waals surface area contributed by atoms with E-state index in [9.17, 15) is 14.4 Å². The standard InChI is InChI=1S/C66H108O6/c1-4-7-10-13-16-19-22-25-27-28-29-30-31-32-33-34-35-36-37-38-39-42-44-47-50-53-56-59-65(68)71-62-63(61-70-64(67)58-55-52-49-46-43-40-24-21-18-15-12-9-6-3)72-66(69)60-57-54-51-48-45-41-26-23-20-17-14-11-8-5-2/h7,10,12,14-17,19,21,23-27,29-30,32-33,35-36,63H,4-6,8-9,11,13,18,20,22,28,31,34,37-62H2,1-3H3/b10-7-,15-12-,17-14-,19-16-,24-21-,26-23-,27-25-,30-29-,33-32-,36-35-. The molecule has 0 aliphatic rings. The third kappa shape index (κ3) is 56.7. The highest BCUT2D eigenvalue weighted by Gasteiger charge is 2.19. The Morgan fingerprint density at radius 1 is 0.292 bits per heavy atom. The van der Waals surface area contributed by atoms with Gasteiger partial charge in [0, 0.05) is 19.3 Å². The molecule has 0 aromatic rings. The summed E-state index contributed by atoms with van der Waals surface area (Å²) in [5, 5.41) is 0. The molecule has 6 nitrogen and oxygen atoms in total. The lowest BCUT2D eigenvalue weighted by Crippen LogP contribution is -2.30. The maximum Gasteiger partial charge on any atom is 0.306 e. The van der Waals surface area contributed by atoms with Gasteiger partial charge in [0.1, 0.15) is 13.2 Å². The lowest BCUT2D eigenvalue weighted by molar-refractivity contribution is -0.167. The third-order valence-corrected chi connectivity index (χ3v) is 12.2. The number of carbonyl (C=O) groups excluding carboxylic acids is 3. The summed E-state index contributed by atoms with van der Waals surface area (Å²) in [5.74, 6) is -0.933. The Morgan fingerprint density at radius 2 is 0.569 bits per heavy atom. The molecule has 0 aromatic heterocycles. The minimum atomic E-state index is -0.798. The average Bonchev–Trinajstić information content (AvgIpc) is 3.38. The summed E-state index contributed by atoms with van der Waals surface area (Å²) in [4.78, 5) is 38.1. The van der Waals surface area contributed by atoms with Gasteiger partial charge in [0.15, 0.2) is 6.10 Å². The van der Waals surface area contributed by atoms with Crippen molar-refractivity contribution in [3.8, 4) is 0 Å². The summed E-state index contributed by atoms with van der Waals surface area (Å²) in [6.45, 7) is 6.39. The van der Waals surface area contributed by atoms with Crippen LogP contribution >= 0.6 is 0 Å². The summed E-state index contributed by atoms with van der Waals surface area (Å²) in [6.07, 6.45) is 81.9. The van der Waals surface area contributed by atoms with Gasteiger partial charge in [-0.15, -0.1) is 0 Å². The van der Waals surface area contributed by atoms with Crippen LogP contribution in [0, 0.1) is 0 Å². The van der Waals surface area contributed by atoms with Gasteiger partial charge in [-0.05, 0) is 122 Å². The quantitative estimate of drug-likeness (QED) is 0.0261. The summed E-state index contributed by atoms with van der Waals surface area (Å²) < 4.78 is 16.8. The highest BCUT2D eigenvalue weighted by molar-refractivity contribution is 5.71. The molecule has 0 N–H and O–H groups in total. The van der Waals surface area contributed by atoms with Crippen molar-refractivity contribution < 1.29 is 28.6 Å². The van der Waals surface area contributed by atoms with Crippen LogP contribution in [0.2, 0.25) is 0 Å². The molecule has 0 saturated carbocycles. The lowest BCUT2D eigenvalue weighted by atomic mass is 10.1. The zero-order chi connectivity index (χ0) is 52.2. The molecule has 0 bridgehead atoms. The fourth-order valence-corrected chi connectivity index (χ4v) is 7.73. The van der Waals surface area contributed by atoms with Crippen LogP contribution in [0.4, 0.5) is 0 Å². The van der Waals surface area contributed by atoms with Gasteiger partial charge in [-0.25, -0.2) is 0 Å². The normalized spacial score (nSPS) is 13.0. The fourth-order valence-electron chi connectivity index (χ4n) is 7.73. The molecule has 0 amide bonds. The zero-order valence-corrected chi connectivity index (χ0v) is 46.7. The number of unbranched alkanes of at least 4 members (excludes halogenated alkanes) is 21. The van der Waals surface area contributed by atoms with Crippen molar-refractivity contribution in [3.05, 3.63) is 122 Å². The van der Waals surface area contributed by atoms with Crippen LogP contribution < -0.4 is 0 Å². The van der Waals surface area contributed by atoms with E-state index in [1.165, 1.54) is 57.8 Å². The van der Waals surface area contributed by atoms with Gasteiger partial charge >= 0.3 is 17.9 Å². The fraction of sp³-hybridized carbons (Fsp3) is 0.652. The molecule has 0 saturated heterocycles. The van der Waals surface area contributed by atoms with Gasteiger partial charge < -0.3 is 14.2 Å². The monoisotopic (exact) mass is 997 g/mol. The maximum absolute atomic E-state index is 12.8. The van der Waals surface area contributed by atoms with Gasteiger partial charge in [-0.2, -0.15) is 0 Å². The van der Waals surface area contributed by atoms with Crippen molar-refractivity contribution >= 4 is 17.9 Å². The number of hydrogen-bond acceptors (Lipinski definition) is 6. The molecule has 408 valence electrons.